The first-order valence-electron chi connectivity index (χ1n) is 47.5. The van der Waals surface area contributed by atoms with E-state index in [1.54, 1.807) is 24.4 Å². The lowest BCUT2D eigenvalue weighted by Gasteiger charge is -2.42. The van der Waals surface area contributed by atoms with Crippen molar-refractivity contribution in [3.63, 3.8) is 0 Å². The molecule has 0 fully saturated rings. The van der Waals surface area contributed by atoms with E-state index in [0.717, 1.165) is 73.5 Å². The fraction of sp³-hybridized carbons (Fsp3) is 0.289. The Labute approximate surface area is 541 Å². The number of imidazole rings is 1. The standard InChI is InChI=1S/C76H76N4O/c1-48-19-16-20-49(2)70(48)52-29-34-66-68(43-52)79(47-78(66)54-21-17-22-55(45-54)81-56-30-31-60-59-23-14-15-26-65(59)80(67(60)46-56)69-44-53(35-40-77-69)72(3,4)5)71-57(50-27-32-61-63(41-50)75(10,11)38-36-73(61,6)7)24-18-25-58(71)51-28-33-62-64(42-51)76(12,13)39-37-74(62,8)9/h14-35,40-46H,36-39H2,1-13H3/i1D3,2D3,6D3,7D3,8D3,9D3,10D3,11D3,12D3,13D3,27D,28D,32D,33D,36D2,37D2,38D2,39D2,41D,42D. The highest BCUT2D eigenvalue weighted by molar-refractivity contribution is 6.09. The number of para-hydroxylation sites is 2. The molecule has 8 aromatic carbocycles. The Morgan fingerprint density at radius 2 is 1.17 bits per heavy atom. The maximum Gasteiger partial charge on any atom is 0.269 e. The second kappa shape index (κ2) is 18.8. The average Bonchev–Trinajstić information content (AvgIpc) is 0.691. The van der Waals surface area contributed by atoms with Crippen LogP contribution in [0, 0.1) is 20.0 Å². The molecule has 0 unspecified atom stereocenters. The van der Waals surface area contributed by atoms with Crippen LogP contribution in [0.1, 0.15) is 200 Å². The molecule has 0 bridgehead atoms. The monoisotopic (exact) mass is 1100 g/mol. The Balaban J connectivity index is 1.27. The van der Waals surface area contributed by atoms with Gasteiger partial charge in [0.2, 0.25) is 0 Å². The fourth-order valence-corrected chi connectivity index (χ4v) is 10.6. The van der Waals surface area contributed by atoms with Crippen molar-refractivity contribution in [2.24, 2.45) is 0 Å². The maximum atomic E-state index is 10.6. The molecule has 0 saturated heterocycles. The van der Waals surface area contributed by atoms with E-state index >= 15 is 0 Å². The fourth-order valence-electron chi connectivity index (χ4n) is 10.6. The number of fused-ring (bicyclic) bond motifs is 6. The number of hydrogen-bond donors (Lipinski definition) is 0. The second-order valence-corrected chi connectivity index (χ2v) is 21.2. The van der Waals surface area contributed by atoms with Crippen LogP contribution >= 0.6 is 0 Å². The zero-order chi connectivity index (χ0) is 93.9. The number of aryl methyl sites for hydroxylation is 2. The summed E-state index contributed by atoms with van der Waals surface area (Å²) < 4.78 is 420. The first-order chi connectivity index (χ1) is 56.6. The highest BCUT2D eigenvalue weighted by atomic mass is 16.5. The predicted molar refractivity (Wildman–Crippen MR) is 337 cm³/mol. The highest BCUT2D eigenvalue weighted by Crippen LogP contribution is 2.50. The summed E-state index contributed by atoms with van der Waals surface area (Å²) in [6.07, 6.45) is -15.0. The maximum absolute atomic E-state index is 10.6. The minimum Gasteiger partial charge on any atom is -0.458 e. The van der Waals surface area contributed by atoms with Crippen molar-refractivity contribution < 1.29 is 69.6 Å². The first-order valence-corrected chi connectivity index (χ1v) is 25.5. The quantitative estimate of drug-likeness (QED) is 0.112. The molecule has 3 aromatic heterocycles. The normalized spacial score (nSPS) is 28.2. The van der Waals surface area contributed by atoms with Crippen LogP contribution < -0.4 is 9.30 Å². The van der Waals surface area contributed by atoms with Crippen molar-refractivity contribution >= 4 is 32.8 Å². The summed E-state index contributed by atoms with van der Waals surface area (Å²) in [4.78, 5) is 4.77. The second-order valence-electron chi connectivity index (χ2n) is 21.2. The summed E-state index contributed by atoms with van der Waals surface area (Å²) in [5.74, 6) is 0.727. The molecule has 81 heavy (non-hydrogen) atoms. The summed E-state index contributed by atoms with van der Waals surface area (Å²) in [6, 6.07) is 20.2. The van der Waals surface area contributed by atoms with Gasteiger partial charge in [0.15, 0.2) is 0 Å². The summed E-state index contributed by atoms with van der Waals surface area (Å²) in [5.41, 5.74) is -34.4. The number of benzene rings is 8. The number of hydrogen-bond acceptors (Lipinski definition) is 2. The Hall–Kier alpha value is -8.02. The van der Waals surface area contributed by atoms with Crippen molar-refractivity contribution in [3.05, 3.63) is 221 Å². The molecular weight excluding hydrogens is 985 g/mol. The van der Waals surface area contributed by atoms with Crippen LogP contribution in [0.25, 0.3) is 83.4 Å². The van der Waals surface area contributed by atoms with Crippen molar-refractivity contribution in [2.45, 2.75) is 142 Å². The molecule has 0 saturated carbocycles. The van der Waals surface area contributed by atoms with Gasteiger partial charge < -0.3 is 4.74 Å². The first kappa shape index (κ1) is 22.7. The summed E-state index contributed by atoms with van der Waals surface area (Å²) >= 11 is 0. The molecule has 5 heteroatoms. The van der Waals surface area contributed by atoms with Crippen LogP contribution in [-0.2, 0) is 27.1 Å². The molecular formula is C76H76N4O. The van der Waals surface area contributed by atoms with Gasteiger partial charge in [0.1, 0.15) is 17.3 Å². The summed E-state index contributed by atoms with van der Waals surface area (Å²) in [6.45, 7) is -37.5. The molecule has 0 atom stereocenters. The van der Waals surface area contributed by atoms with Gasteiger partial charge >= 0.3 is 0 Å². The van der Waals surface area contributed by atoms with Crippen LogP contribution in [0.2, 0.25) is 0 Å². The van der Waals surface area contributed by atoms with E-state index in [1.165, 1.54) is 36.4 Å². The van der Waals surface area contributed by atoms with Gasteiger partial charge in [0.05, 0.1) is 41.7 Å². The molecule has 13 rings (SSSR count). The molecule has 3 heterocycles. The minimum absolute atomic E-state index is 0.00175. The number of rotatable bonds is 8. The lowest BCUT2D eigenvalue weighted by atomic mass is 9.62. The molecule has 0 radical (unpaired) electrons. The number of nitrogens with zero attached hydrogens (tertiary/aromatic N) is 4. The molecule has 0 amide bonds. The lowest BCUT2D eigenvalue weighted by molar-refractivity contribution is -0.571. The van der Waals surface area contributed by atoms with E-state index < -0.39 is 224 Å². The smallest absolute Gasteiger partial charge is 0.269 e. The Kier molecular flexibility index (Phi) is 5.27. The van der Waals surface area contributed by atoms with Gasteiger partial charge in [-0.3, -0.25) is 13.7 Å². The van der Waals surface area contributed by atoms with Gasteiger partial charge in [-0.15, -0.1) is 0 Å². The van der Waals surface area contributed by atoms with Gasteiger partial charge in [-0.2, -0.15) is 0 Å². The SMILES string of the molecule is [2H]c1c([2H])c2c(c([2H])c1-c1cccc(-c3c([2H])c([2H])c4c(c3[2H])C(C([2H])([2H])[2H])(C([2H])([2H])[2H])C([2H])([2H])C([2H])([2H])C4(C([2H])([2H])[2H])C([2H])([2H])[2H])c1-[n+]1[c-]n(-c3cccc(Oc4ccc5c6ccccc6n(-c6cc(C(C)(C)C)ccn6)c5c4)c3)c3ccc(-c4c(C([2H])([2H])[2H])cccc4C([2H])([2H])[2H])cc31)C(C([2H])([2H])[2H])(C([2H])([2H])[2H])C([2H])([2H])C([2H])([2H])C2(C([2H])([2H])[2H])C([2H])([2H])[2H]. The molecule has 2 aliphatic carbocycles. The van der Waals surface area contributed by atoms with E-state index in [-0.39, 0.29) is 33.7 Å². The van der Waals surface area contributed by atoms with Gasteiger partial charge in [-0.1, -0.05) is 185 Å². The van der Waals surface area contributed by atoms with Crippen LogP contribution in [0.3, 0.4) is 0 Å². The number of aromatic nitrogens is 4. The van der Waals surface area contributed by atoms with E-state index in [0.29, 0.717) is 11.3 Å². The van der Waals surface area contributed by atoms with Gasteiger partial charge in [0, 0.05) is 75.1 Å². The van der Waals surface area contributed by atoms with Crippen molar-refractivity contribution in [1.29, 1.82) is 0 Å². The summed E-state index contributed by atoms with van der Waals surface area (Å²) in [7, 11) is 0. The molecule has 5 nitrogen and oxygen atoms in total. The zero-order valence-corrected chi connectivity index (χ0v) is 43.5. The van der Waals surface area contributed by atoms with Gasteiger partial charge in [0.25, 0.3) is 6.33 Å². The van der Waals surface area contributed by atoms with E-state index in [2.05, 4.69) is 6.33 Å². The van der Waals surface area contributed by atoms with Gasteiger partial charge in [-0.25, -0.2) is 4.98 Å². The Bertz CT molecular complexity index is 5990. The molecule has 0 aliphatic heterocycles. The third-order valence-corrected chi connectivity index (χ3v) is 14.6. The minimum atomic E-state index is -4.96. The zero-order valence-electron chi connectivity index (χ0n) is 87.5. The van der Waals surface area contributed by atoms with Crippen LogP contribution in [-0.4, -0.2) is 14.1 Å². The van der Waals surface area contributed by atoms with Crippen molar-refractivity contribution in [2.75, 3.05) is 0 Å². The van der Waals surface area contributed by atoms with Crippen molar-refractivity contribution in [1.82, 2.24) is 14.1 Å². The van der Waals surface area contributed by atoms with E-state index in [4.69, 9.17) is 34.4 Å². The van der Waals surface area contributed by atoms with Crippen LogP contribution in [0.5, 0.6) is 11.5 Å². The lowest BCUT2D eigenvalue weighted by Crippen LogP contribution is -2.34. The largest absolute Gasteiger partial charge is 0.458 e. The van der Waals surface area contributed by atoms with E-state index in [1.807, 2.05) is 61.7 Å². The molecule has 406 valence electrons. The summed E-state index contributed by atoms with van der Waals surface area (Å²) in [5, 5.41) is 1.59. The third-order valence-electron chi connectivity index (χ3n) is 14.6. The molecule has 11 aromatic rings. The van der Waals surface area contributed by atoms with Crippen LogP contribution in [0.15, 0.2) is 176 Å². The molecule has 2 aliphatic rings. The Morgan fingerprint density at radius 3 is 1.81 bits per heavy atom. The Morgan fingerprint density at radius 1 is 0.568 bits per heavy atom. The third kappa shape index (κ3) is 8.90. The molecule has 0 spiro atoms. The average molecular weight is 1110 g/mol. The van der Waals surface area contributed by atoms with Crippen LogP contribution in [0.4, 0.5) is 0 Å². The topological polar surface area (TPSA) is 35.9 Å². The van der Waals surface area contributed by atoms with E-state index in [9.17, 15) is 35.6 Å². The van der Waals surface area contributed by atoms with Crippen molar-refractivity contribution in [3.8, 4) is 62.1 Å². The number of ether oxygens (including phenoxy) is 1. The number of pyridine rings is 1. The van der Waals surface area contributed by atoms with Gasteiger partial charge in [-0.05, 0) is 193 Å². The molecule has 0 N–H and O–H groups in total. The highest BCUT2D eigenvalue weighted by Gasteiger charge is 2.39. The predicted octanol–water partition coefficient (Wildman–Crippen LogP) is 19.6.